The second kappa shape index (κ2) is 9.75. The van der Waals surface area contributed by atoms with Crippen LogP contribution in [0.3, 0.4) is 0 Å². The number of amides is 1. The third-order valence-corrected chi connectivity index (χ3v) is 4.33. The quantitative estimate of drug-likeness (QED) is 0.683. The predicted molar refractivity (Wildman–Crippen MR) is 110 cm³/mol. The molecule has 1 aromatic heterocycles. The molecule has 7 heteroatoms. The van der Waals surface area contributed by atoms with Gasteiger partial charge in [-0.05, 0) is 44.4 Å². The largest absolute Gasteiger partial charge is 0.481 e. The Bertz CT molecular complexity index is 757. The monoisotopic (exact) mass is 406 g/mol. The number of halogens is 1. The van der Waals surface area contributed by atoms with Gasteiger partial charge in [-0.25, -0.2) is 9.78 Å². The molecule has 0 aliphatic heterocycles. The summed E-state index contributed by atoms with van der Waals surface area (Å²) >= 11 is 5.80. The third-order valence-electron chi connectivity index (χ3n) is 4.01. The van der Waals surface area contributed by atoms with E-state index in [1.54, 1.807) is 40.1 Å². The van der Waals surface area contributed by atoms with Crippen molar-refractivity contribution in [2.45, 2.75) is 44.9 Å². The van der Waals surface area contributed by atoms with Crippen LogP contribution in [0.5, 0.6) is 5.88 Å². The highest BCUT2D eigenvalue weighted by atomic mass is 35.5. The molecule has 2 atom stereocenters. The van der Waals surface area contributed by atoms with Crippen molar-refractivity contribution in [3.63, 3.8) is 0 Å². The first kappa shape index (κ1) is 22.0. The fourth-order valence-corrected chi connectivity index (χ4v) is 2.82. The molecule has 0 aliphatic carbocycles. The molecule has 0 spiro atoms. The molecule has 6 nitrogen and oxygen atoms in total. The van der Waals surface area contributed by atoms with Gasteiger partial charge in [0.25, 0.3) is 0 Å². The van der Waals surface area contributed by atoms with Gasteiger partial charge < -0.3 is 19.9 Å². The normalized spacial score (nSPS) is 13.5. The van der Waals surface area contributed by atoms with E-state index in [1.807, 2.05) is 30.3 Å². The van der Waals surface area contributed by atoms with Crippen LogP contribution in [-0.2, 0) is 11.2 Å². The summed E-state index contributed by atoms with van der Waals surface area (Å²) in [5, 5.41) is 12.9. The van der Waals surface area contributed by atoms with Gasteiger partial charge in [0.2, 0.25) is 5.88 Å². The highest BCUT2D eigenvalue weighted by Gasteiger charge is 2.24. The van der Waals surface area contributed by atoms with Crippen molar-refractivity contribution in [2.75, 3.05) is 13.0 Å². The van der Waals surface area contributed by atoms with Crippen LogP contribution in [0.15, 0.2) is 42.6 Å². The zero-order valence-corrected chi connectivity index (χ0v) is 17.4. The van der Waals surface area contributed by atoms with Crippen LogP contribution in [0.1, 0.15) is 26.3 Å². The maximum atomic E-state index is 12.1. The number of aliphatic hydroxyl groups is 1. The zero-order chi connectivity index (χ0) is 20.7. The fraction of sp³-hybridized carbons (Fsp3) is 0.429. The number of benzene rings is 1. The van der Waals surface area contributed by atoms with E-state index in [4.69, 9.17) is 21.1 Å². The Labute approximate surface area is 170 Å². The summed E-state index contributed by atoms with van der Waals surface area (Å²) in [5.41, 5.74) is 2.31. The number of hydrogen-bond donors (Lipinski definition) is 2. The summed E-state index contributed by atoms with van der Waals surface area (Å²) in [4.78, 5) is 16.3. The Morgan fingerprint density at radius 3 is 2.32 bits per heavy atom. The van der Waals surface area contributed by atoms with Crippen molar-refractivity contribution in [3.05, 3.63) is 48.2 Å². The molecular formula is C21H27ClN2O4. The number of ether oxygens (including phenoxy) is 2. The van der Waals surface area contributed by atoms with Gasteiger partial charge in [0.05, 0.1) is 25.1 Å². The van der Waals surface area contributed by atoms with Gasteiger partial charge >= 0.3 is 6.09 Å². The lowest BCUT2D eigenvalue weighted by Gasteiger charge is -2.26. The first-order valence-electron chi connectivity index (χ1n) is 9.04. The molecule has 2 aromatic rings. The van der Waals surface area contributed by atoms with Gasteiger partial charge in [0.15, 0.2) is 0 Å². The molecule has 28 heavy (non-hydrogen) atoms. The average Bonchev–Trinajstić information content (AvgIpc) is 2.66. The smallest absolute Gasteiger partial charge is 0.407 e. The molecule has 1 amide bonds. The van der Waals surface area contributed by atoms with E-state index in [0.29, 0.717) is 12.3 Å². The van der Waals surface area contributed by atoms with Crippen LogP contribution in [-0.4, -0.2) is 46.9 Å². The van der Waals surface area contributed by atoms with Crippen molar-refractivity contribution < 1.29 is 19.4 Å². The molecule has 0 radical (unpaired) electrons. The van der Waals surface area contributed by atoms with E-state index in [0.717, 1.165) is 16.7 Å². The van der Waals surface area contributed by atoms with Crippen LogP contribution in [0.25, 0.3) is 11.1 Å². The summed E-state index contributed by atoms with van der Waals surface area (Å²) in [5.74, 6) is 0.572. The Balaban J connectivity index is 2.08. The topological polar surface area (TPSA) is 80.7 Å². The molecule has 152 valence electrons. The van der Waals surface area contributed by atoms with Gasteiger partial charge in [0, 0.05) is 17.8 Å². The standard InChI is InChI=1S/C21H27ClN2O4/c1-21(2,3)28-20(26)24-17(18(25)12-22)11-14-5-7-15(8-6-14)16-9-10-19(27-4)23-13-16/h5-10,13,17-18,25H,11-12H2,1-4H3,(H,24,26)/t17-,18+/m0/s1. The Hall–Kier alpha value is -2.31. The minimum absolute atomic E-state index is 0.00999. The maximum Gasteiger partial charge on any atom is 0.407 e. The van der Waals surface area contributed by atoms with Crippen molar-refractivity contribution >= 4 is 17.7 Å². The van der Waals surface area contributed by atoms with Crippen molar-refractivity contribution in [1.29, 1.82) is 0 Å². The van der Waals surface area contributed by atoms with Crippen molar-refractivity contribution in [3.8, 4) is 17.0 Å². The number of nitrogens with one attached hydrogen (secondary N) is 1. The SMILES string of the molecule is COc1ccc(-c2ccc(C[C@H](NC(=O)OC(C)(C)C)[C@H](O)CCl)cc2)cn1. The Morgan fingerprint density at radius 1 is 1.18 bits per heavy atom. The lowest BCUT2D eigenvalue weighted by atomic mass is 9.99. The molecule has 2 N–H and O–H groups in total. The molecule has 0 bridgehead atoms. The molecule has 0 unspecified atom stereocenters. The third kappa shape index (κ3) is 6.69. The summed E-state index contributed by atoms with van der Waals surface area (Å²) in [6, 6.07) is 11.0. The summed E-state index contributed by atoms with van der Waals surface area (Å²) in [7, 11) is 1.58. The minimum Gasteiger partial charge on any atom is -0.481 e. The van der Waals surface area contributed by atoms with Gasteiger partial charge in [-0.1, -0.05) is 24.3 Å². The molecule has 0 aliphatic rings. The van der Waals surface area contributed by atoms with Crippen LogP contribution >= 0.6 is 11.6 Å². The minimum atomic E-state index is -0.889. The molecule has 2 rings (SSSR count). The predicted octanol–water partition coefficient (Wildman–Crippen LogP) is 3.79. The van der Waals surface area contributed by atoms with E-state index in [1.165, 1.54) is 0 Å². The fourth-order valence-electron chi connectivity index (χ4n) is 2.61. The molecule has 1 heterocycles. The lowest BCUT2D eigenvalue weighted by molar-refractivity contribution is 0.0440. The van der Waals surface area contributed by atoms with E-state index < -0.39 is 23.8 Å². The second-order valence-corrected chi connectivity index (χ2v) is 7.77. The molecule has 0 saturated carbocycles. The maximum absolute atomic E-state index is 12.1. The number of alkyl carbamates (subject to hydrolysis) is 1. The average molecular weight is 407 g/mol. The number of pyridine rings is 1. The van der Waals surface area contributed by atoms with Crippen molar-refractivity contribution in [1.82, 2.24) is 10.3 Å². The van der Waals surface area contributed by atoms with Gasteiger partial charge in [-0.15, -0.1) is 11.6 Å². The summed E-state index contributed by atoms with van der Waals surface area (Å²) < 4.78 is 10.3. The summed E-state index contributed by atoms with van der Waals surface area (Å²) in [6.07, 6.45) is 0.703. The zero-order valence-electron chi connectivity index (χ0n) is 16.6. The van der Waals surface area contributed by atoms with Crippen LogP contribution in [0, 0.1) is 0 Å². The highest BCUT2D eigenvalue weighted by Crippen LogP contribution is 2.21. The number of aromatic nitrogens is 1. The Morgan fingerprint density at radius 2 is 1.82 bits per heavy atom. The van der Waals surface area contributed by atoms with E-state index in [-0.39, 0.29) is 5.88 Å². The molecule has 0 fully saturated rings. The number of nitrogens with zero attached hydrogens (tertiary/aromatic N) is 1. The summed E-state index contributed by atoms with van der Waals surface area (Å²) in [6.45, 7) is 5.35. The van der Waals surface area contributed by atoms with Crippen LogP contribution < -0.4 is 10.1 Å². The van der Waals surface area contributed by atoms with Crippen LogP contribution in [0.2, 0.25) is 0 Å². The highest BCUT2D eigenvalue weighted by molar-refractivity contribution is 6.18. The number of alkyl halides is 1. The number of carbonyl (C=O) groups excluding carboxylic acids is 1. The van der Waals surface area contributed by atoms with E-state index in [2.05, 4.69) is 10.3 Å². The molecule has 1 aromatic carbocycles. The Kier molecular flexibility index (Phi) is 7.66. The second-order valence-electron chi connectivity index (χ2n) is 7.46. The molecular weight excluding hydrogens is 380 g/mol. The molecule has 0 saturated heterocycles. The first-order valence-corrected chi connectivity index (χ1v) is 9.58. The van der Waals surface area contributed by atoms with E-state index >= 15 is 0 Å². The number of hydrogen-bond acceptors (Lipinski definition) is 5. The van der Waals surface area contributed by atoms with Crippen molar-refractivity contribution in [2.24, 2.45) is 0 Å². The van der Waals surface area contributed by atoms with Crippen LogP contribution in [0.4, 0.5) is 4.79 Å². The van der Waals surface area contributed by atoms with E-state index in [9.17, 15) is 9.90 Å². The van der Waals surface area contributed by atoms with Gasteiger partial charge in [-0.2, -0.15) is 0 Å². The van der Waals surface area contributed by atoms with Gasteiger partial charge in [0.1, 0.15) is 5.60 Å². The number of carbonyl (C=O) groups is 1. The lowest BCUT2D eigenvalue weighted by Crippen LogP contribution is -2.47. The van der Waals surface area contributed by atoms with Gasteiger partial charge in [-0.3, -0.25) is 0 Å². The first-order chi connectivity index (χ1) is 13.2. The number of aliphatic hydroxyl groups excluding tert-OH is 1. The number of rotatable bonds is 7. The number of methoxy groups -OCH3 is 1.